The smallest absolute Gasteiger partial charge is 0.263 e. The molecule has 1 fully saturated rings. The quantitative estimate of drug-likeness (QED) is 0.865. The van der Waals surface area contributed by atoms with Gasteiger partial charge in [0.1, 0.15) is 4.88 Å². The Balaban J connectivity index is 1.91. The third-order valence-electron chi connectivity index (χ3n) is 3.16. The normalized spacial score (nSPS) is 18.9. The zero-order valence-electron chi connectivity index (χ0n) is 10.1. The number of hydrogen-bond acceptors (Lipinski definition) is 4. The fourth-order valence-corrected chi connectivity index (χ4v) is 4.68. The standard InChI is InChI=1S/C13H13BrN2OS2/c14-7-1-2-10-9(5-7)11(15)12(19-10)13(17)16-8-3-4-18-6-8/h1-2,5,8H,3-4,6,15H2,(H,16,17). The van der Waals surface area contributed by atoms with Gasteiger partial charge in [-0.05, 0) is 30.4 Å². The highest BCUT2D eigenvalue weighted by atomic mass is 79.9. The highest BCUT2D eigenvalue weighted by molar-refractivity contribution is 9.10. The average Bonchev–Trinajstić information content (AvgIpc) is 2.98. The van der Waals surface area contributed by atoms with Crippen LogP contribution in [0.1, 0.15) is 16.1 Å². The number of nitrogens with two attached hydrogens (primary N) is 1. The molecule has 1 aromatic carbocycles. The van der Waals surface area contributed by atoms with Crippen molar-refractivity contribution in [3.8, 4) is 0 Å². The molecule has 2 heterocycles. The van der Waals surface area contributed by atoms with Crippen LogP contribution in [-0.4, -0.2) is 23.5 Å². The largest absolute Gasteiger partial charge is 0.397 e. The van der Waals surface area contributed by atoms with Gasteiger partial charge in [-0.3, -0.25) is 4.79 Å². The Bertz CT molecular complexity index is 635. The van der Waals surface area contributed by atoms with Crippen molar-refractivity contribution in [3.05, 3.63) is 27.5 Å². The third kappa shape index (κ3) is 2.61. The van der Waals surface area contributed by atoms with E-state index in [1.807, 2.05) is 30.0 Å². The fourth-order valence-electron chi connectivity index (χ4n) is 2.16. The summed E-state index contributed by atoms with van der Waals surface area (Å²) in [7, 11) is 0. The van der Waals surface area contributed by atoms with Crippen LogP contribution in [0.5, 0.6) is 0 Å². The zero-order chi connectivity index (χ0) is 13.4. The van der Waals surface area contributed by atoms with Gasteiger partial charge in [-0.2, -0.15) is 11.8 Å². The highest BCUT2D eigenvalue weighted by Gasteiger charge is 2.22. The van der Waals surface area contributed by atoms with Crippen molar-refractivity contribution in [1.82, 2.24) is 5.32 Å². The first kappa shape index (κ1) is 13.3. The van der Waals surface area contributed by atoms with E-state index >= 15 is 0 Å². The molecule has 1 saturated heterocycles. The number of fused-ring (bicyclic) bond motifs is 1. The van der Waals surface area contributed by atoms with Gasteiger partial charge in [0, 0.05) is 26.4 Å². The molecule has 1 unspecified atom stereocenters. The van der Waals surface area contributed by atoms with Crippen molar-refractivity contribution >= 4 is 60.7 Å². The van der Waals surface area contributed by atoms with Gasteiger partial charge in [0.15, 0.2) is 0 Å². The number of rotatable bonds is 2. The van der Waals surface area contributed by atoms with Gasteiger partial charge in [0.05, 0.1) is 5.69 Å². The molecule has 3 rings (SSSR count). The minimum Gasteiger partial charge on any atom is -0.397 e. The first-order chi connectivity index (χ1) is 9.15. The van der Waals surface area contributed by atoms with Crippen LogP contribution >= 0.6 is 39.0 Å². The van der Waals surface area contributed by atoms with E-state index in [0.717, 1.165) is 32.5 Å². The maximum Gasteiger partial charge on any atom is 0.263 e. The number of thioether (sulfide) groups is 1. The molecule has 1 aliphatic rings. The van der Waals surface area contributed by atoms with Gasteiger partial charge >= 0.3 is 0 Å². The third-order valence-corrected chi connectivity index (χ3v) is 6.00. The average molecular weight is 357 g/mol. The summed E-state index contributed by atoms with van der Waals surface area (Å²) >= 11 is 6.77. The predicted octanol–water partition coefficient (Wildman–Crippen LogP) is 3.48. The van der Waals surface area contributed by atoms with Crippen LogP contribution < -0.4 is 11.1 Å². The Morgan fingerprint density at radius 1 is 1.47 bits per heavy atom. The molecule has 3 nitrogen and oxygen atoms in total. The lowest BCUT2D eigenvalue weighted by Crippen LogP contribution is -2.34. The van der Waals surface area contributed by atoms with Crippen molar-refractivity contribution in [2.75, 3.05) is 17.2 Å². The van der Waals surface area contributed by atoms with Crippen LogP contribution in [0.15, 0.2) is 22.7 Å². The number of benzene rings is 1. The van der Waals surface area contributed by atoms with E-state index < -0.39 is 0 Å². The lowest BCUT2D eigenvalue weighted by Gasteiger charge is -2.10. The van der Waals surface area contributed by atoms with Crippen molar-refractivity contribution in [2.45, 2.75) is 12.5 Å². The lowest BCUT2D eigenvalue weighted by molar-refractivity contribution is 0.0946. The van der Waals surface area contributed by atoms with Gasteiger partial charge in [0.2, 0.25) is 0 Å². The van der Waals surface area contributed by atoms with Gasteiger partial charge < -0.3 is 11.1 Å². The first-order valence-electron chi connectivity index (χ1n) is 6.01. The van der Waals surface area contributed by atoms with Crippen LogP contribution in [0.4, 0.5) is 5.69 Å². The van der Waals surface area contributed by atoms with E-state index in [4.69, 9.17) is 5.73 Å². The maximum absolute atomic E-state index is 12.3. The Kier molecular flexibility index (Phi) is 3.73. The summed E-state index contributed by atoms with van der Waals surface area (Å²) in [6, 6.07) is 6.20. The Morgan fingerprint density at radius 2 is 2.32 bits per heavy atom. The fraction of sp³-hybridized carbons (Fsp3) is 0.308. The lowest BCUT2D eigenvalue weighted by atomic mass is 10.2. The minimum atomic E-state index is -0.0395. The van der Waals surface area contributed by atoms with Crippen molar-refractivity contribution in [3.63, 3.8) is 0 Å². The second-order valence-corrected chi connectivity index (χ2v) is 7.64. The molecule has 6 heteroatoms. The van der Waals surface area contributed by atoms with Crippen LogP contribution in [0, 0.1) is 0 Å². The number of nitrogens with one attached hydrogen (secondary N) is 1. The van der Waals surface area contributed by atoms with Crippen LogP contribution in [0.3, 0.4) is 0 Å². The van der Waals surface area contributed by atoms with Gasteiger partial charge in [-0.25, -0.2) is 0 Å². The molecule has 1 aliphatic heterocycles. The molecule has 1 atom stereocenters. The van der Waals surface area contributed by atoms with E-state index in [-0.39, 0.29) is 11.9 Å². The molecule has 100 valence electrons. The molecule has 0 saturated carbocycles. The van der Waals surface area contributed by atoms with E-state index in [1.165, 1.54) is 11.3 Å². The van der Waals surface area contributed by atoms with E-state index in [0.29, 0.717) is 10.6 Å². The summed E-state index contributed by atoms with van der Waals surface area (Å²) in [4.78, 5) is 12.9. The number of amides is 1. The number of carbonyl (C=O) groups is 1. The number of thiophene rings is 1. The summed E-state index contributed by atoms with van der Waals surface area (Å²) in [5.74, 6) is 2.09. The van der Waals surface area contributed by atoms with Crippen molar-refractivity contribution in [1.29, 1.82) is 0 Å². The molecule has 3 N–H and O–H groups in total. The molecule has 0 spiro atoms. The number of nitrogen functional groups attached to an aromatic ring is 1. The van der Waals surface area contributed by atoms with E-state index in [9.17, 15) is 4.79 Å². The topological polar surface area (TPSA) is 55.1 Å². The van der Waals surface area contributed by atoms with Crippen LogP contribution in [0.25, 0.3) is 10.1 Å². The number of anilines is 1. The zero-order valence-corrected chi connectivity index (χ0v) is 13.3. The Hall–Kier alpha value is -0.720. The monoisotopic (exact) mass is 356 g/mol. The summed E-state index contributed by atoms with van der Waals surface area (Å²) < 4.78 is 2.02. The summed E-state index contributed by atoms with van der Waals surface area (Å²) in [5.41, 5.74) is 6.69. The van der Waals surface area contributed by atoms with E-state index in [1.54, 1.807) is 0 Å². The number of halogens is 1. The van der Waals surface area contributed by atoms with Gasteiger partial charge in [-0.1, -0.05) is 15.9 Å². The number of carbonyl (C=O) groups excluding carboxylic acids is 1. The SMILES string of the molecule is Nc1c(C(=O)NC2CCSC2)sc2ccc(Br)cc12. The Labute approximate surface area is 128 Å². The molecule has 19 heavy (non-hydrogen) atoms. The Morgan fingerprint density at radius 3 is 3.05 bits per heavy atom. The predicted molar refractivity (Wildman–Crippen MR) is 87.1 cm³/mol. The molecule has 1 amide bonds. The second kappa shape index (κ2) is 5.34. The first-order valence-corrected chi connectivity index (χ1v) is 8.77. The molecule has 0 aliphatic carbocycles. The molecular weight excluding hydrogens is 344 g/mol. The molecule has 1 aromatic heterocycles. The second-order valence-electron chi connectivity index (χ2n) is 4.52. The molecule has 0 bridgehead atoms. The van der Waals surface area contributed by atoms with Crippen molar-refractivity contribution in [2.24, 2.45) is 0 Å². The van der Waals surface area contributed by atoms with Crippen LogP contribution in [-0.2, 0) is 0 Å². The highest BCUT2D eigenvalue weighted by Crippen LogP contribution is 2.35. The van der Waals surface area contributed by atoms with Gasteiger partial charge in [0.25, 0.3) is 5.91 Å². The molecule has 2 aromatic rings. The molecule has 0 radical (unpaired) electrons. The summed E-state index contributed by atoms with van der Waals surface area (Å²) in [6.45, 7) is 0. The summed E-state index contributed by atoms with van der Waals surface area (Å²) in [5, 5.41) is 4.02. The van der Waals surface area contributed by atoms with Crippen LogP contribution in [0.2, 0.25) is 0 Å². The summed E-state index contributed by atoms with van der Waals surface area (Å²) in [6.07, 6.45) is 1.05. The number of hydrogen-bond donors (Lipinski definition) is 2. The van der Waals surface area contributed by atoms with Crippen molar-refractivity contribution < 1.29 is 4.79 Å². The van der Waals surface area contributed by atoms with E-state index in [2.05, 4.69) is 21.2 Å². The van der Waals surface area contributed by atoms with Gasteiger partial charge in [-0.15, -0.1) is 11.3 Å². The maximum atomic E-state index is 12.3. The minimum absolute atomic E-state index is 0.0395. The molecular formula is C13H13BrN2OS2.